The van der Waals surface area contributed by atoms with E-state index in [0.29, 0.717) is 5.76 Å². The Bertz CT molecular complexity index is 659. The van der Waals surface area contributed by atoms with Crippen molar-refractivity contribution in [1.29, 1.82) is 0 Å². The Morgan fingerprint density at radius 2 is 2.10 bits per heavy atom. The molecule has 0 fully saturated rings. The van der Waals surface area contributed by atoms with E-state index < -0.39 is 16.1 Å². The predicted octanol–water partition coefficient (Wildman–Crippen LogP) is 2.50. The fraction of sp³-hybridized carbons (Fsp3) is 0.429. The summed E-state index contributed by atoms with van der Waals surface area (Å²) < 4.78 is 31.3. The van der Waals surface area contributed by atoms with E-state index in [9.17, 15) is 13.5 Å². The summed E-state index contributed by atoms with van der Waals surface area (Å²) in [6, 6.07) is 7.01. The molecule has 0 saturated carbocycles. The van der Waals surface area contributed by atoms with Crippen LogP contribution in [0.3, 0.4) is 0 Å². The fourth-order valence-electron chi connectivity index (χ4n) is 1.90. The molecular formula is C14H19NO4S2. The fourth-order valence-corrected chi connectivity index (χ4v) is 4.31. The molecule has 0 aliphatic heterocycles. The molecule has 0 amide bonds. The van der Waals surface area contributed by atoms with E-state index in [1.165, 1.54) is 17.6 Å². The normalized spacial score (nSPS) is 13.7. The molecule has 0 spiro atoms. The van der Waals surface area contributed by atoms with E-state index in [4.69, 9.17) is 4.42 Å². The second-order valence-corrected chi connectivity index (χ2v) is 8.27. The van der Waals surface area contributed by atoms with E-state index in [1.54, 1.807) is 18.2 Å². The number of aliphatic hydroxyl groups is 1. The third kappa shape index (κ3) is 4.67. The molecule has 1 unspecified atom stereocenters. The van der Waals surface area contributed by atoms with Crippen LogP contribution in [0.15, 0.2) is 34.9 Å². The molecule has 2 rings (SSSR count). The number of sulfonamides is 1. The van der Waals surface area contributed by atoms with Crippen LogP contribution in [0.1, 0.15) is 35.5 Å². The van der Waals surface area contributed by atoms with Crippen LogP contribution in [0.4, 0.5) is 0 Å². The second kappa shape index (κ2) is 6.74. The van der Waals surface area contributed by atoms with Gasteiger partial charge < -0.3 is 9.52 Å². The van der Waals surface area contributed by atoms with Gasteiger partial charge in [0.2, 0.25) is 10.0 Å². The van der Waals surface area contributed by atoms with Crippen LogP contribution >= 0.6 is 11.3 Å². The average Bonchev–Trinajstić information content (AvgIpc) is 3.06. The van der Waals surface area contributed by atoms with Crippen LogP contribution < -0.4 is 4.72 Å². The zero-order chi connectivity index (χ0) is 15.5. The zero-order valence-electron chi connectivity index (χ0n) is 11.9. The molecule has 21 heavy (non-hydrogen) atoms. The molecule has 0 aliphatic rings. The molecule has 0 bridgehead atoms. The van der Waals surface area contributed by atoms with E-state index in [0.717, 1.165) is 9.75 Å². The summed E-state index contributed by atoms with van der Waals surface area (Å²) in [5.41, 5.74) is 0. The lowest BCUT2D eigenvalue weighted by Crippen LogP contribution is -2.27. The van der Waals surface area contributed by atoms with E-state index in [-0.39, 0.29) is 18.2 Å². The van der Waals surface area contributed by atoms with Crippen molar-refractivity contribution >= 4 is 21.4 Å². The third-order valence-electron chi connectivity index (χ3n) is 2.78. The number of aliphatic hydroxyl groups excluding tert-OH is 1. The molecule has 0 saturated heterocycles. The predicted molar refractivity (Wildman–Crippen MR) is 82.6 cm³/mol. The van der Waals surface area contributed by atoms with Crippen molar-refractivity contribution in [2.24, 2.45) is 5.92 Å². The molecule has 7 heteroatoms. The van der Waals surface area contributed by atoms with Gasteiger partial charge in [-0.25, -0.2) is 13.1 Å². The summed E-state index contributed by atoms with van der Waals surface area (Å²) in [5.74, 6) is 0.672. The van der Waals surface area contributed by atoms with Gasteiger partial charge in [0.15, 0.2) is 0 Å². The van der Waals surface area contributed by atoms with Crippen molar-refractivity contribution in [1.82, 2.24) is 4.72 Å². The lowest BCUT2D eigenvalue weighted by atomic mass is 10.2. The zero-order valence-corrected chi connectivity index (χ0v) is 13.6. The van der Waals surface area contributed by atoms with Gasteiger partial charge in [0.1, 0.15) is 11.9 Å². The van der Waals surface area contributed by atoms with Crippen LogP contribution in [-0.4, -0.2) is 19.3 Å². The van der Waals surface area contributed by atoms with Gasteiger partial charge in [0.05, 0.1) is 12.0 Å². The molecule has 2 aromatic rings. The summed E-state index contributed by atoms with van der Waals surface area (Å²) in [6.45, 7) is 3.97. The van der Waals surface area contributed by atoms with Crippen molar-refractivity contribution in [3.63, 3.8) is 0 Å². The van der Waals surface area contributed by atoms with Gasteiger partial charge in [0.25, 0.3) is 0 Å². The van der Waals surface area contributed by atoms with Crippen LogP contribution in [0, 0.1) is 5.92 Å². The van der Waals surface area contributed by atoms with Gasteiger partial charge in [-0.1, -0.05) is 13.8 Å². The van der Waals surface area contributed by atoms with Crippen molar-refractivity contribution in [2.75, 3.05) is 5.75 Å². The minimum Gasteiger partial charge on any atom is -0.466 e. The van der Waals surface area contributed by atoms with Gasteiger partial charge in [-0.05, 0) is 30.2 Å². The Balaban J connectivity index is 1.98. The number of furan rings is 1. The monoisotopic (exact) mass is 329 g/mol. The average molecular weight is 329 g/mol. The maximum Gasteiger partial charge on any atom is 0.212 e. The van der Waals surface area contributed by atoms with E-state index >= 15 is 0 Å². The first-order valence-electron chi connectivity index (χ1n) is 6.65. The maximum atomic E-state index is 11.8. The number of nitrogens with one attached hydrogen (secondary N) is 1. The highest BCUT2D eigenvalue weighted by Crippen LogP contribution is 2.28. The standard InChI is InChI=1S/C14H19NO4S2/c1-10(2)9-21(17,18)15-8-11-5-6-13(20-11)14(16)12-4-3-7-19-12/h3-7,10,14-16H,8-9H2,1-2H3. The van der Waals surface area contributed by atoms with Gasteiger partial charge in [-0.2, -0.15) is 0 Å². The van der Waals surface area contributed by atoms with Gasteiger partial charge in [-0.15, -0.1) is 11.3 Å². The molecule has 2 heterocycles. The Morgan fingerprint density at radius 1 is 1.33 bits per heavy atom. The number of hydrogen-bond donors (Lipinski definition) is 2. The number of hydrogen-bond acceptors (Lipinski definition) is 5. The first-order chi connectivity index (χ1) is 9.87. The summed E-state index contributed by atoms with van der Waals surface area (Å²) in [5, 5.41) is 10.1. The van der Waals surface area contributed by atoms with Crippen molar-refractivity contribution in [3.8, 4) is 0 Å². The SMILES string of the molecule is CC(C)CS(=O)(=O)NCc1ccc(C(O)c2ccco2)s1. The van der Waals surface area contributed by atoms with Crippen LogP contribution in [0.5, 0.6) is 0 Å². The number of rotatable bonds is 7. The molecule has 0 radical (unpaired) electrons. The third-order valence-corrected chi connectivity index (χ3v) is 5.61. The van der Waals surface area contributed by atoms with Gasteiger partial charge in [-0.3, -0.25) is 0 Å². The minimum absolute atomic E-state index is 0.0853. The van der Waals surface area contributed by atoms with E-state index in [1.807, 2.05) is 19.9 Å². The molecule has 0 aromatic carbocycles. The second-order valence-electron chi connectivity index (χ2n) is 5.22. The Morgan fingerprint density at radius 3 is 2.71 bits per heavy atom. The summed E-state index contributed by atoms with van der Waals surface area (Å²) in [4.78, 5) is 1.57. The summed E-state index contributed by atoms with van der Waals surface area (Å²) >= 11 is 1.36. The Kier molecular flexibility index (Phi) is 5.21. The highest BCUT2D eigenvalue weighted by Gasteiger charge is 2.17. The molecule has 1 atom stereocenters. The lowest BCUT2D eigenvalue weighted by molar-refractivity contribution is 0.193. The largest absolute Gasteiger partial charge is 0.466 e. The van der Waals surface area contributed by atoms with Crippen LogP contribution in [0.25, 0.3) is 0 Å². The van der Waals surface area contributed by atoms with E-state index in [2.05, 4.69) is 4.72 Å². The molecular weight excluding hydrogens is 310 g/mol. The lowest BCUT2D eigenvalue weighted by Gasteiger charge is -2.07. The topological polar surface area (TPSA) is 79.5 Å². The molecule has 2 aromatic heterocycles. The van der Waals surface area contributed by atoms with Crippen LogP contribution in [-0.2, 0) is 16.6 Å². The van der Waals surface area contributed by atoms with Gasteiger partial charge >= 0.3 is 0 Å². The van der Waals surface area contributed by atoms with Crippen molar-refractivity contribution < 1.29 is 17.9 Å². The minimum atomic E-state index is -3.26. The molecule has 0 aliphatic carbocycles. The van der Waals surface area contributed by atoms with Crippen molar-refractivity contribution in [2.45, 2.75) is 26.5 Å². The Labute approximate surface area is 128 Å². The summed E-state index contributed by atoms with van der Waals surface area (Å²) in [7, 11) is -3.26. The first-order valence-corrected chi connectivity index (χ1v) is 9.11. The first kappa shape index (κ1) is 16.2. The molecule has 5 nitrogen and oxygen atoms in total. The van der Waals surface area contributed by atoms with Crippen molar-refractivity contribution in [3.05, 3.63) is 46.0 Å². The number of thiophene rings is 1. The smallest absolute Gasteiger partial charge is 0.212 e. The molecule has 2 N–H and O–H groups in total. The Hall–Kier alpha value is -1.15. The highest BCUT2D eigenvalue weighted by atomic mass is 32.2. The molecule has 116 valence electrons. The van der Waals surface area contributed by atoms with Crippen LogP contribution in [0.2, 0.25) is 0 Å². The summed E-state index contributed by atoms with van der Waals surface area (Å²) in [6.07, 6.45) is 0.693. The van der Waals surface area contributed by atoms with Gasteiger partial charge in [0, 0.05) is 16.3 Å². The quantitative estimate of drug-likeness (QED) is 0.818. The maximum absolute atomic E-state index is 11.8. The highest BCUT2D eigenvalue weighted by molar-refractivity contribution is 7.89.